The van der Waals surface area contributed by atoms with Gasteiger partial charge in [0.15, 0.2) is 5.15 Å². The molecule has 0 fully saturated rings. The molecule has 0 bridgehead atoms. The lowest BCUT2D eigenvalue weighted by molar-refractivity contribution is -0.152. The van der Waals surface area contributed by atoms with Gasteiger partial charge in [0.05, 0.1) is 12.1 Å². The third-order valence-electron chi connectivity index (χ3n) is 6.62. The highest BCUT2D eigenvalue weighted by Gasteiger charge is 2.26. The molecule has 12 heteroatoms. The zero-order valence-corrected chi connectivity index (χ0v) is 23.6. The van der Waals surface area contributed by atoms with Crippen LogP contribution in [-0.4, -0.2) is 67.1 Å². The smallest absolute Gasteiger partial charge is 0.324 e. The van der Waals surface area contributed by atoms with Crippen molar-refractivity contribution in [2.45, 2.75) is 51.8 Å². The number of imidazole rings is 1. The molecule has 11 nitrogen and oxygen atoms in total. The van der Waals surface area contributed by atoms with E-state index < -0.39 is 17.9 Å². The minimum Gasteiger partial charge on any atom is -0.458 e. The van der Waals surface area contributed by atoms with Crippen LogP contribution in [-0.2, 0) is 33.9 Å². The molecule has 0 saturated heterocycles. The molecule has 3 N–H and O–H groups in total. The van der Waals surface area contributed by atoms with E-state index in [0.29, 0.717) is 23.2 Å². The Morgan fingerprint density at radius 1 is 1.12 bits per heavy atom. The number of likely N-dealkylation sites (N-methyl/N-ethyl adjacent to an activating group) is 1. The fourth-order valence-electron chi connectivity index (χ4n) is 4.44. The SMILES string of the molecule is CCCCc1nc(Cl)c(COC(=O)[C@H](CC(N)=O)N(C)C)n1Cc1ccc(-c2ccccc2-c2nn[nH]n2)cc1. The van der Waals surface area contributed by atoms with Gasteiger partial charge in [-0.3, -0.25) is 14.5 Å². The average Bonchev–Trinajstić information content (AvgIpc) is 3.58. The highest BCUT2D eigenvalue weighted by molar-refractivity contribution is 6.30. The first kappa shape index (κ1) is 28.9. The molecule has 4 aromatic rings. The Hall–Kier alpha value is -4.09. The number of aromatic nitrogens is 6. The Bertz CT molecular complexity index is 1430. The minimum atomic E-state index is -0.782. The van der Waals surface area contributed by atoms with Crippen LogP contribution in [0.15, 0.2) is 48.5 Å². The van der Waals surface area contributed by atoms with Gasteiger partial charge < -0.3 is 15.0 Å². The normalized spacial score (nSPS) is 12.0. The van der Waals surface area contributed by atoms with E-state index >= 15 is 0 Å². The summed E-state index contributed by atoms with van der Waals surface area (Å²) in [5.74, 6) is 0.224. The fourth-order valence-corrected chi connectivity index (χ4v) is 4.69. The highest BCUT2D eigenvalue weighted by Crippen LogP contribution is 2.30. The van der Waals surface area contributed by atoms with Crippen molar-refractivity contribution in [2.24, 2.45) is 5.73 Å². The maximum atomic E-state index is 12.8. The van der Waals surface area contributed by atoms with E-state index in [9.17, 15) is 9.59 Å². The van der Waals surface area contributed by atoms with Crippen LogP contribution in [0.3, 0.4) is 0 Å². The van der Waals surface area contributed by atoms with E-state index in [1.165, 1.54) is 0 Å². The van der Waals surface area contributed by atoms with Crippen LogP contribution in [0.2, 0.25) is 5.15 Å². The van der Waals surface area contributed by atoms with Crippen LogP contribution in [0.1, 0.15) is 43.3 Å². The van der Waals surface area contributed by atoms with Crippen LogP contribution in [0, 0.1) is 0 Å². The number of tetrazole rings is 1. The number of halogens is 1. The lowest BCUT2D eigenvalue weighted by Crippen LogP contribution is -2.40. The second-order valence-corrected chi connectivity index (χ2v) is 10.0. The van der Waals surface area contributed by atoms with Crippen molar-refractivity contribution >= 4 is 23.5 Å². The van der Waals surface area contributed by atoms with Crippen molar-refractivity contribution in [3.8, 4) is 22.5 Å². The zero-order chi connectivity index (χ0) is 28.6. The lowest BCUT2D eigenvalue weighted by atomic mass is 9.98. The number of nitrogens with zero attached hydrogens (tertiary/aromatic N) is 6. The molecule has 2 heterocycles. The van der Waals surface area contributed by atoms with Crippen molar-refractivity contribution < 1.29 is 14.3 Å². The number of rotatable bonds is 13. The first-order chi connectivity index (χ1) is 19.3. The number of ether oxygens (including phenoxy) is 1. The summed E-state index contributed by atoms with van der Waals surface area (Å²) in [6, 6.07) is 15.3. The number of aromatic amines is 1. The summed E-state index contributed by atoms with van der Waals surface area (Å²) in [5, 5.41) is 14.7. The monoisotopic (exact) mass is 564 g/mol. The molecule has 0 radical (unpaired) electrons. The number of hydrogen-bond acceptors (Lipinski definition) is 8. The van der Waals surface area contributed by atoms with Crippen LogP contribution in [0.5, 0.6) is 0 Å². The minimum absolute atomic E-state index is 0.0734. The number of amides is 1. The molecular weight excluding hydrogens is 532 g/mol. The lowest BCUT2D eigenvalue weighted by Gasteiger charge is -2.21. The number of primary amides is 1. The molecule has 0 spiro atoms. The summed E-state index contributed by atoms with van der Waals surface area (Å²) < 4.78 is 7.61. The van der Waals surface area contributed by atoms with Gasteiger partial charge in [0.25, 0.3) is 0 Å². The molecule has 0 aliphatic carbocycles. The van der Waals surface area contributed by atoms with E-state index in [2.05, 4.69) is 32.5 Å². The van der Waals surface area contributed by atoms with Gasteiger partial charge in [-0.15, -0.1) is 10.2 Å². The number of nitrogens with one attached hydrogen (secondary N) is 1. The van der Waals surface area contributed by atoms with E-state index in [0.717, 1.165) is 47.3 Å². The molecule has 4 rings (SSSR count). The predicted octanol–water partition coefficient (Wildman–Crippen LogP) is 3.62. The summed E-state index contributed by atoms with van der Waals surface area (Å²) in [4.78, 5) is 30.4. The fraction of sp³-hybridized carbons (Fsp3) is 0.357. The van der Waals surface area contributed by atoms with E-state index in [-0.39, 0.29) is 13.0 Å². The number of aryl methyl sites for hydroxylation is 1. The Balaban J connectivity index is 1.57. The Kier molecular flexibility index (Phi) is 9.62. The highest BCUT2D eigenvalue weighted by atomic mass is 35.5. The largest absolute Gasteiger partial charge is 0.458 e. The van der Waals surface area contributed by atoms with E-state index in [1.54, 1.807) is 19.0 Å². The Labute approximate surface area is 237 Å². The maximum Gasteiger partial charge on any atom is 0.324 e. The molecule has 0 unspecified atom stereocenters. The molecule has 210 valence electrons. The van der Waals surface area contributed by atoms with Gasteiger partial charge >= 0.3 is 5.97 Å². The topological polar surface area (TPSA) is 145 Å². The first-order valence-corrected chi connectivity index (χ1v) is 13.4. The van der Waals surface area contributed by atoms with Gasteiger partial charge in [-0.05, 0) is 42.4 Å². The quantitative estimate of drug-likeness (QED) is 0.234. The second-order valence-electron chi connectivity index (χ2n) is 9.69. The number of benzene rings is 2. The number of nitrogens with two attached hydrogens (primary N) is 1. The van der Waals surface area contributed by atoms with Gasteiger partial charge in [0.1, 0.15) is 18.5 Å². The molecule has 0 saturated carbocycles. The van der Waals surface area contributed by atoms with Crippen LogP contribution in [0.4, 0.5) is 0 Å². The third kappa shape index (κ3) is 6.91. The number of esters is 1. The molecule has 1 amide bonds. The Morgan fingerprint density at radius 2 is 1.85 bits per heavy atom. The molecule has 0 aliphatic rings. The molecule has 2 aromatic heterocycles. The first-order valence-electron chi connectivity index (χ1n) is 13.1. The van der Waals surface area contributed by atoms with Crippen molar-refractivity contribution in [1.29, 1.82) is 0 Å². The van der Waals surface area contributed by atoms with Crippen LogP contribution >= 0.6 is 11.6 Å². The van der Waals surface area contributed by atoms with Crippen LogP contribution < -0.4 is 5.73 Å². The summed E-state index contributed by atoms with van der Waals surface area (Å²) in [6.07, 6.45) is 2.55. The van der Waals surface area contributed by atoms with E-state index in [1.807, 2.05) is 53.1 Å². The summed E-state index contributed by atoms with van der Waals surface area (Å²) in [5.41, 5.74) is 9.83. The molecule has 2 aromatic carbocycles. The van der Waals surface area contributed by atoms with Crippen LogP contribution in [0.25, 0.3) is 22.5 Å². The van der Waals surface area contributed by atoms with Gasteiger partial charge in [-0.25, -0.2) is 4.98 Å². The second kappa shape index (κ2) is 13.3. The number of carbonyl (C=O) groups is 2. The van der Waals surface area contributed by atoms with Gasteiger partial charge in [0.2, 0.25) is 11.7 Å². The number of unbranched alkanes of at least 4 members (excludes halogenated alkanes) is 1. The van der Waals surface area contributed by atoms with Crippen molar-refractivity contribution in [1.82, 2.24) is 35.1 Å². The molecule has 1 atom stereocenters. The maximum absolute atomic E-state index is 12.8. The Morgan fingerprint density at radius 3 is 2.48 bits per heavy atom. The average molecular weight is 565 g/mol. The van der Waals surface area contributed by atoms with Crippen molar-refractivity contribution in [2.75, 3.05) is 14.1 Å². The third-order valence-corrected chi connectivity index (χ3v) is 6.92. The van der Waals surface area contributed by atoms with Crippen molar-refractivity contribution in [3.63, 3.8) is 0 Å². The van der Waals surface area contributed by atoms with E-state index in [4.69, 9.17) is 22.1 Å². The summed E-state index contributed by atoms with van der Waals surface area (Å²) in [7, 11) is 3.39. The van der Waals surface area contributed by atoms with Gasteiger partial charge in [-0.1, -0.05) is 73.5 Å². The predicted molar refractivity (Wildman–Crippen MR) is 151 cm³/mol. The number of H-pyrrole nitrogens is 1. The summed E-state index contributed by atoms with van der Waals surface area (Å²) >= 11 is 6.55. The van der Waals surface area contributed by atoms with Gasteiger partial charge in [0, 0.05) is 18.5 Å². The standard InChI is InChI=1S/C28H33ClN8O3/c1-4-5-10-25-31-26(29)23(17-40-28(39)22(36(2)3)15-24(30)38)37(25)16-18-11-13-19(14-12-18)20-8-6-7-9-21(20)27-32-34-35-33-27/h6-9,11-14,22H,4-5,10,15-17H2,1-3H3,(H2,30,38)(H,32,33,34,35)/t22-/m0/s1. The van der Waals surface area contributed by atoms with Crippen molar-refractivity contribution in [3.05, 3.63) is 70.8 Å². The summed E-state index contributed by atoms with van der Waals surface area (Å²) in [6.45, 7) is 2.54. The molecule has 40 heavy (non-hydrogen) atoms. The van der Waals surface area contributed by atoms with Gasteiger partial charge in [-0.2, -0.15) is 5.21 Å². The molecule has 0 aliphatic heterocycles. The zero-order valence-electron chi connectivity index (χ0n) is 22.8. The molecular formula is C28H33ClN8O3. The number of hydrogen-bond donors (Lipinski definition) is 2. The number of carbonyl (C=O) groups excluding carboxylic acids is 2.